The van der Waals surface area contributed by atoms with E-state index in [2.05, 4.69) is 22.4 Å². The highest BCUT2D eigenvalue weighted by atomic mass is 16.3. The van der Waals surface area contributed by atoms with E-state index < -0.39 is 5.60 Å². The van der Waals surface area contributed by atoms with Gasteiger partial charge in [-0.15, -0.1) is 10.2 Å². The van der Waals surface area contributed by atoms with Gasteiger partial charge in [-0.3, -0.25) is 0 Å². The Bertz CT molecular complexity index is 404. The van der Waals surface area contributed by atoms with Crippen molar-refractivity contribution in [2.45, 2.75) is 51.7 Å². The van der Waals surface area contributed by atoms with E-state index in [1.54, 1.807) is 0 Å². The number of aromatic nitrogens is 3. The quantitative estimate of drug-likeness (QED) is 0.844. The summed E-state index contributed by atoms with van der Waals surface area (Å²) in [5.41, 5.74) is -0.536. The third-order valence-electron chi connectivity index (χ3n) is 3.99. The Labute approximate surface area is 109 Å². The lowest BCUT2D eigenvalue weighted by Crippen LogP contribution is -2.44. The second-order valence-corrected chi connectivity index (χ2v) is 5.75. The topological polar surface area (TPSA) is 63.0 Å². The number of hydrogen-bond donors (Lipinski definition) is 2. The van der Waals surface area contributed by atoms with E-state index in [0.29, 0.717) is 19.0 Å². The molecule has 2 N–H and O–H groups in total. The first-order valence-electron chi connectivity index (χ1n) is 6.78. The molecular weight excluding hydrogens is 228 g/mol. The molecule has 1 aromatic heterocycles. The molecular formula is C13H24N4O. The molecule has 0 bridgehead atoms. The van der Waals surface area contributed by atoms with Crippen molar-refractivity contribution in [2.24, 2.45) is 13.0 Å². The van der Waals surface area contributed by atoms with Crippen molar-refractivity contribution < 1.29 is 5.11 Å². The summed E-state index contributed by atoms with van der Waals surface area (Å²) in [5.74, 6) is 2.46. The van der Waals surface area contributed by atoms with Crippen LogP contribution in [0.15, 0.2) is 0 Å². The largest absolute Gasteiger partial charge is 0.389 e. The molecule has 1 saturated carbocycles. The SMILES string of the molecule is Cc1nnc(CNCC2(O)CCCC(C)C2)n1C. The van der Waals surface area contributed by atoms with Crippen LogP contribution in [0.4, 0.5) is 0 Å². The Balaban J connectivity index is 1.83. The zero-order valence-electron chi connectivity index (χ0n) is 11.6. The molecule has 0 saturated heterocycles. The number of aliphatic hydroxyl groups is 1. The Hall–Kier alpha value is -0.940. The van der Waals surface area contributed by atoms with Gasteiger partial charge in [0.05, 0.1) is 12.1 Å². The van der Waals surface area contributed by atoms with Gasteiger partial charge >= 0.3 is 0 Å². The van der Waals surface area contributed by atoms with Crippen molar-refractivity contribution in [1.82, 2.24) is 20.1 Å². The number of rotatable bonds is 4. The number of nitrogens with zero attached hydrogens (tertiary/aromatic N) is 3. The van der Waals surface area contributed by atoms with Crippen LogP contribution >= 0.6 is 0 Å². The highest BCUT2D eigenvalue weighted by Gasteiger charge is 2.32. The molecule has 1 heterocycles. The van der Waals surface area contributed by atoms with E-state index in [-0.39, 0.29) is 0 Å². The van der Waals surface area contributed by atoms with Gasteiger partial charge in [-0.2, -0.15) is 0 Å². The highest BCUT2D eigenvalue weighted by Crippen LogP contribution is 2.31. The molecule has 2 atom stereocenters. The van der Waals surface area contributed by atoms with Crippen LogP contribution in [0.1, 0.15) is 44.3 Å². The molecule has 0 aliphatic heterocycles. The third-order valence-corrected chi connectivity index (χ3v) is 3.99. The molecule has 1 aliphatic rings. The van der Waals surface area contributed by atoms with Crippen molar-refractivity contribution >= 4 is 0 Å². The maximum Gasteiger partial charge on any atom is 0.146 e. The molecule has 0 radical (unpaired) electrons. The number of nitrogens with one attached hydrogen (secondary N) is 1. The molecule has 2 unspecified atom stereocenters. The minimum atomic E-state index is -0.536. The zero-order chi connectivity index (χ0) is 13.2. The first kappa shape index (κ1) is 13.5. The van der Waals surface area contributed by atoms with Gasteiger partial charge in [0.1, 0.15) is 11.6 Å². The van der Waals surface area contributed by atoms with Gasteiger partial charge < -0.3 is 15.0 Å². The second kappa shape index (κ2) is 5.36. The van der Waals surface area contributed by atoms with Crippen LogP contribution in [-0.2, 0) is 13.6 Å². The molecule has 1 aromatic rings. The predicted molar refractivity (Wildman–Crippen MR) is 70.0 cm³/mol. The molecule has 0 aromatic carbocycles. The molecule has 102 valence electrons. The van der Waals surface area contributed by atoms with Gasteiger partial charge in [0.25, 0.3) is 0 Å². The van der Waals surface area contributed by atoms with Gasteiger partial charge in [0.2, 0.25) is 0 Å². The summed E-state index contributed by atoms with van der Waals surface area (Å²) in [7, 11) is 1.96. The van der Waals surface area contributed by atoms with Crippen molar-refractivity contribution in [1.29, 1.82) is 0 Å². The fourth-order valence-corrected chi connectivity index (χ4v) is 2.80. The Morgan fingerprint density at radius 3 is 2.89 bits per heavy atom. The van der Waals surface area contributed by atoms with E-state index in [1.807, 2.05) is 18.5 Å². The average Bonchev–Trinajstić information content (AvgIpc) is 2.60. The van der Waals surface area contributed by atoms with Crippen LogP contribution in [-0.4, -0.2) is 32.0 Å². The highest BCUT2D eigenvalue weighted by molar-refractivity contribution is 4.93. The Kier molecular flexibility index (Phi) is 4.02. The van der Waals surface area contributed by atoms with E-state index in [1.165, 1.54) is 6.42 Å². The van der Waals surface area contributed by atoms with E-state index in [0.717, 1.165) is 30.9 Å². The van der Waals surface area contributed by atoms with Crippen molar-refractivity contribution in [2.75, 3.05) is 6.54 Å². The van der Waals surface area contributed by atoms with Crippen LogP contribution in [0.3, 0.4) is 0 Å². The molecule has 5 heteroatoms. The lowest BCUT2D eigenvalue weighted by molar-refractivity contribution is -0.0120. The van der Waals surface area contributed by atoms with Crippen LogP contribution in [0.5, 0.6) is 0 Å². The van der Waals surface area contributed by atoms with Crippen molar-refractivity contribution in [3.63, 3.8) is 0 Å². The van der Waals surface area contributed by atoms with Crippen molar-refractivity contribution in [3.05, 3.63) is 11.6 Å². The number of aryl methyl sites for hydroxylation is 1. The molecule has 2 rings (SSSR count). The molecule has 1 fully saturated rings. The maximum absolute atomic E-state index is 10.5. The summed E-state index contributed by atoms with van der Waals surface area (Å²) in [6.07, 6.45) is 4.17. The van der Waals surface area contributed by atoms with Gasteiger partial charge in [0.15, 0.2) is 0 Å². The molecule has 1 aliphatic carbocycles. The van der Waals surface area contributed by atoms with Crippen LogP contribution in [0, 0.1) is 12.8 Å². The van der Waals surface area contributed by atoms with E-state index >= 15 is 0 Å². The summed E-state index contributed by atoms with van der Waals surface area (Å²) in [4.78, 5) is 0. The Morgan fingerprint density at radius 2 is 2.28 bits per heavy atom. The summed E-state index contributed by atoms with van der Waals surface area (Å²) in [6.45, 7) is 5.46. The van der Waals surface area contributed by atoms with E-state index in [4.69, 9.17) is 0 Å². The van der Waals surface area contributed by atoms with E-state index in [9.17, 15) is 5.11 Å². The van der Waals surface area contributed by atoms with Crippen LogP contribution in [0.25, 0.3) is 0 Å². The minimum Gasteiger partial charge on any atom is -0.389 e. The molecule has 0 amide bonds. The summed E-state index contributed by atoms with van der Waals surface area (Å²) >= 11 is 0. The van der Waals surface area contributed by atoms with Gasteiger partial charge in [-0.25, -0.2) is 0 Å². The third kappa shape index (κ3) is 3.09. The lowest BCUT2D eigenvalue weighted by atomic mass is 9.79. The monoisotopic (exact) mass is 252 g/mol. The normalized spacial score (nSPS) is 28.6. The second-order valence-electron chi connectivity index (χ2n) is 5.75. The number of hydrogen-bond acceptors (Lipinski definition) is 4. The maximum atomic E-state index is 10.5. The van der Waals surface area contributed by atoms with Crippen molar-refractivity contribution in [3.8, 4) is 0 Å². The minimum absolute atomic E-state index is 0.536. The molecule has 18 heavy (non-hydrogen) atoms. The fraction of sp³-hybridized carbons (Fsp3) is 0.846. The van der Waals surface area contributed by atoms with Crippen LogP contribution in [0.2, 0.25) is 0 Å². The standard InChI is InChI=1S/C13H24N4O/c1-10-5-4-6-13(18,7-10)9-14-8-12-16-15-11(2)17(12)3/h10,14,18H,4-9H2,1-3H3. The van der Waals surface area contributed by atoms with Gasteiger partial charge in [0, 0.05) is 13.6 Å². The summed E-state index contributed by atoms with van der Waals surface area (Å²) in [5, 5.41) is 21.9. The molecule has 0 spiro atoms. The fourth-order valence-electron chi connectivity index (χ4n) is 2.80. The average molecular weight is 252 g/mol. The first-order valence-corrected chi connectivity index (χ1v) is 6.78. The first-order chi connectivity index (χ1) is 8.50. The zero-order valence-corrected chi connectivity index (χ0v) is 11.6. The predicted octanol–water partition coefficient (Wildman–Crippen LogP) is 1.15. The summed E-state index contributed by atoms with van der Waals surface area (Å²) in [6, 6.07) is 0. The summed E-state index contributed by atoms with van der Waals surface area (Å²) < 4.78 is 1.97. The lowest BCUT2D eigenvalue weighted by Gasteiger charge is -2.35. The van der Waals surface area contributed by atoms with Gasteiger partial charge in [-0.05, 0) is 25.7 Å². The van der Waals surface area contributed by atoms with Crippen LogP contribution < -0.4 is 5.32 Å². The smallest absolute Gasteiger partial charge is 0.146 e. The van der Waals surface area contributed by atoms with Gasteiger partial charge in [-0.1, -0.05) is 19.8 Å². The Morgan fingerprint density at radius 1 is 1.50 bits per heavy atom. The molecule has 5 nitrogen and oxygen atoms in total.